The molecule has 0 spiro atoms. The fourth-order valence-corrected chi connectivity index (χ4v) is 3.35. The molecular formula is C14H20N2O4S. The highest BCUT2D eigenvalue weighted by molar-refractivity contribution is 8.00. The first kappa shape index (κ1) is 15.8. The predicted octanol–water partition coefficient (Wildman–Crippen LogP) is 3.31. The third-order valence-electron chi connectivity index (χ3n) is 4.00. The molecule has 2 rings (SSSR count). The number of thioether (sulfide) groups is 1. The molecule has 0 aromatic heterocycles. The van der Waals surface area contributed by atoms with Crippen LogP contribution in [0.4, 0.5) is 11.4 Å². The lowest BCUT2D eigenvalue weighted by atomic mass is 9.84. The lowest BCUT2D eigenvalue weighted by Gasteiger charge is -2.40. The number of ether oxygens (including phenoxy) is 2. The summed E-state index contributed by atoms with van der Waals surface area (Å²) in [5.74, 6) is 0.843. The maximum atomic E-state index is 11.2. The van der Waals surface area contributed by atoms with E-state index in [4.69, 9.17) is 9.47 Å². The van der Waals surface area contributed by atoms with Gasteiger partial charge in [-0.3, -0.25) is 10.1 Å². The number of nitrogens with one attached hydrogen (secondary N) is 1. The van der Waals surface area contributed by atoms with E-state index in [1.165, 1.54) is 26.7 Å². The Hall–Kier alpha value is -1.63. The van der Waals surface area contributed by atoms with Crippen molar-refractivity contribution in [3.8, 4) is 11.5 Å². The van der Waals surface area contributed by atoms with Crippen LogP contribution in [0.3, 0.4) is 0 Å². The van der Waals surface area contributed by atoms with Crippen molar-refractivity contribution in [1.82, 2.24) is 0 Å². The fraction of sp³-hybridized carbons (Fsp3) is 0.571. The van der Waals surface area contributed by atoms with Gasteiger partial charge in [-0.15, -0.1) is 0 Å². The molecule has 0 unspecified atom stereocenters. The van der Waals surface area contributed by atoms with E-state index in [1.807, 2.05) is 11.8 Å². The molecule has 1 aliphatic carbocycles. The van der Waals surface area contributed by atoms with E-state index in [-0.39, 0.29) is 10.4 Å². The van der Waals surface area contributed by atoms with Crippen LogP contribution in [0.15, 0.2) is 12.1 Å². The first-order valence-corrected chi connectivity index (χ1v) is 7.97. The minimum atomic E-state index is -0.406. The van der Waals surface area contributed by atoms with Gasteiger partial charge in [0.25, 0.3) is 5.69 Å². The van der Waals surface area contributed by atoms with Gasteiger partial charge in [-0.25, -0.2) is 0 Å². The molecule has 0 saturated heterocycles. The van der Waals surface area contributed by atoms with Crippen molar-refractivity contribution in [2.24, 2.45) is 0 Å². The number of anilines is 1. The maximum absolute atomic E-state index is 11.2. The van der Waals surface area contributed by atoms with E-state index in [0.717, 1.165) is 12.8 Å². The summed E-state index contributed by atoms with van der Waals surface area (Å²) in [5, 5.41) is 14.4. The molecule has 0 amide bonds. The highest BCUT2D eigenvalue weighted by Gasteiger charge is 2.36. The van der Waals surface area contributed by atoms with Crippen LogP contribution in [0.5, 0.6) is 11.5 Å². The molecular weight excluding hydrogens is 292 g/mol. The molecule has 6 nitrogen and oxygen atoms in total. The van der Waals surface area contributed by atoms with Gasteiger partial charge in [0.2, 0.25) is 0 Å². The van der Waals surface area contributed by atoms with E-state index >= 15 is 0 Å². The molecule has 1 aliphatic rings. The number of rotatable bonds is 7. The van der Waals surface area contributed by atoms with Crippen LogP contribution in [0.1, 0.15) is 19.3 Å². The summed E-state index contributed by atoms with van der Waals surface area (Å²) in [4.78, 5) is 10.8. The SMILES string of the molecule is COc1cc(NCC2(SC)CCC2)c([N+](=O)[O-])cc1OC. The Morgan fingerprint density at radius 3 is 2.38 bits per heavy atom. The van der Waals surface area contributed by atoms with Gasteiger partial charge in [0.15, 0.2) is 11.5 Å². The molecule has 1 saturated carbocycles. The average molecular weight is 312 g/mol. The molecule has 0 heterocycles. The van der Waals surface area contributed by atoms with Crippen LogP contribution in [0.25, 0.3) is 0 Å². The summed E-state index contributed by atoms with van der Waals surface area (Å²) in [6.45, 7) is 0.713. The Balaban J connectivity index is 2.26. The lowest BCUT2D eigenvalue weighted by molar-refractivity contribution is -0.384. The number of hydrogen-bond donors (Lipinski definition) is 1. The number of benzene rings is 1. The topological polar surface area (TPSA) is 73.6 Å². The van der Waals surface area contributed by atoms with Crippen LogP contribution in [0, 0.1) is 10.1 Å². The second-order valence-corrected chi connectivity index (χ2v) is 6.35. The first-order valence-electron chi connectivity index (χ1n) is 6.74. The zero-order chi connectivity index (χ0) is 15.5. The summed E-state index contributed by atoms with van der Waals surface area (Å²) >= 11 is 1.82. The molecule has 0 atom stereocenters. The van der Waals surface area contributed by atoms with E-state index in [1.54, 1.807) is 6.07 Å². The number of nitrogens with zero attached hydrogens (tertiary/aromatic N) is 1. The molecule has 7 heteroatoms. The van der Waals surface area contributed by atoms with Gasteiger partial charge in [-0.2, -0.15) is 11.8 Å². The van der Waals surface area contributed by atoms with Crippen LogP contribution in [-0.4, -0.2) is 36.7 Å². The van der Waals surface area contributed by atoms with E-state index < -0.39 is 4.92 Å². The Bertz CT molecular complexity index is 526. The second kappa shape index (κ2) is 6.43. The van der Waals surface area contributed by atoms with Crippen LogP contribution in [0.2, 0.25) is 0 Å². The zero-order valence-electron chi connectivity index (χ0n) is 12.5. The molecule has 1 N–H and O–H groups in total. The summed E-state index contributed by atoms with van der Waals surface area (Å²) in [6, 6.07) is 3.03. The molecule has 21 heavy (non-hydrogen) atoms. The van der Waals surface area contributed by atoms with Gasteiger partial charge < -0.3 is 14.8 Å². The quantitative estimate of drug-likeness (QED) is 0.615. The number of hydrogen-bond acceptors (Lipinski definition) is 6. The number of nitro groups is 1. The van der Waals surface area contributed by atoms with Crippen molar-refractivity contribution in [1.29, 1.82) is 0 Å². The van der Waals surface area contributed by atoms with Gasteiger partial charge >= 0.3 is 0 Å². The Labute approximate surface area is 128 Å². The first-order chi connectivity index (χ1) is 10.0. The Kier molecular flexibility index (Phi) is 4.82. The molecule has 116 valence electrons. The Morgan fingerprint density at radius 2 is 1.95 bits per heavy atom. The monoisotopic (exact) mass is 312 g/mol. The third kappa shape index (κ3) is 3.18. The fourth-order valence-electron chi connectivity index (χ4n) is 2.44. The van der Waals surface area contributed by atoms with Crippen molar-refractivity contribution in [3.63, 3.8) is 0 Å². The number of methoxy groups -OCH3 is 2. The van der Waals surface area contributed by atoms with E-state index in [2.05, 4.69) is 11.6 Å². The van der Waals surface area contributed by atoms with Crippen LogP contribution in [-0.2, 0) is 0 Å². The predicted molar refractivity (Wildman–Crippen MR) is 84.8 cm³/mol. The second-order valence-electron chi connectivity index (χ2n) is 5.08. The van der Waals surface area contributed by atoms with Crippen LogP contribution < -0.4 is 14.8 Å². The van der Waals surface area contributed by atoms with E-state index in [9.17, 15) is 10.1 Å². The minimum Gasteiger partial charge on any atom is -0.493 e. The smallest absolute Gasteiger partial charge is 0.296 e. The maximum Gasteiger partial charge on any atom is 0.296 e. The van der Waals surface area contributed by atoms with E-state index in [0.29, 0.717) is 23.7 Å². The number of nitro benzene ring substituents is 1. The summed E-state index contributed by atoms with van der Waals surface area (Å²) in [5.41, 5.74) is 0.473. The lowest BCUT2D eigenvalue weighted by Crippen LogP contribution is -2.40. The van der Waals surface area contributed by atoms with Crippen molar-refractivity contribution < 1.29 is 14.4 Å². The van der Waals surface area contributed by atoms with Gasteiger partial charge in [-0.1, -0.05) is 6.42 Å². The molecule has 1 aromatic carbocycles. The molecule has 1 fully saturated rings. The van der Waals surface area contributed by atoms with Crippen molar-refractivity contribution in [3.05, 3.63) is 22.2 Å². The van der Waals surface area contributed by atoms with Gasteiger partial charge in [0.05, 0.1) is 25.2 Å². The van der Waals surface area contributed by atoms with Crippen molar-refractivity contribution in [2.75, 3.05) is 32.3 Å². The molecule has 0 radical (unpaired) electrons. The van der Waals surface area contributed by atoms with Gasteiger partial charge in [0, 0.05) is 17.4 Å². The minimum absolute atomic E-state index is 0.00299. The third-order valence-corrected chi connectivity index (χ3v) is 5.42. The zero-order valence-corrected chi connectivity index (χ0v) is 13.3. The highest BCUT2D eigenvalue weighted by atomic mass is 32.2. The average Bonchev–Trinajstić information content (AvgIpc) is 2.45. The Morgan fingerprint density at radius 1 is 1.33 bits per heavy atom. The van der Waals surface area contributed by atoms with Crippen molar-refractivity contribution >= 4 is 23.1 Å². The molecule has 0 bridgehead atoms. The highest BCUT2D eigenvalue weighted by Crippen LogP contribution is 2.44. The molecule has 1 aromatic rings. The van der Waals surface area contributed by atoms with Gasteiger partial charge in [0.1, 0.15) is 5.69 Å². The molecule has 0 aliphatic heterocycles. The standard InChI is InChI=1S/C14H20N2O4S/c1-19-12-7-10(11(16(17)18)8-13(12)20-2)15-9-14(21-3)5-4-6-14/h7-8,15H,4-6,9H2,1-3H3. The summed E-state index contributed by atoms with van der Waals surface area (Å²) in [6.07, 6.45) is 5.59. The van der Waals surface area contributed by atoms with Gasteiger partial charge in [-0.05, 0) is 19.1 Å². The largest absolute Gasteiger partial charge is 0.493 e. The summed E-state index contributed by atoms with van der Waals surface area (Å²) < 4.78 is 10.5. The van der Waals surface area contributed by atoms with Crippen molar-refractivity contribution in [2.45, 2.75) is 24.0 Å². The normalized spacial score (nSPS) is 16.0. The summed E-state index contributed by atoms with van der Waals surface area (Å²) in [7, 11) is 2.98. The van der Waals surface area contributed by atoms with Crippen LogP contribution >= 0.6 is 11.8 Å².